The van der Waals surface area contributed by atoms with Gasteiger partial charge in [-0.2, -0.15) is 0 Å². The third-order valence-electron chi connectivity index (χ3n) is 3.96. The van der Waals surface area contributed by atoms with Crippen molar-refractivity contribution >= 4 is 23.4 Å². The number of fused-ring (bicyclic) bond motifs is 2. The van der Waals surface area contributed by atoms with E-state index in [4.69, 9.17) is 0 Å². The molecule has 5 nitrogen and oxygen atoms in total. The Hall–Kier alpha value is -2.17. The van der Waals surface area contributed by atoms with E-state index in [1.165, 1.54) is 6.92 Å². The van der Waals surface area contributed by atoms with Crippen LogP contribution < -0.4 is 4.90 Å². The third kappa shape index (κ3) is 1.81. The molecule has 2 heterocycles. The maximum absolute atomic E-state index is 12.6. The van der Waals surface area contributed by atoms with Crippen LogP contribution in [-0.2, 0) is 9.59 Å². The van der Waals surface area contributed by atoms with Crippen LogP contribution in [0, 0.1) is 0 Å². The van der Waals surface area contributed by atoms with E-state index in [-0.39, 0.29) is 17.7 Å². The molecule has 2 aliphatic heterocycles. The second-order valence-electron chi connectivity index (χ2n) is 5.22. The summed E-state index contributed by atoms with van der Waals surface area (Å²) in [5, 5.41) is 0. The van der Waals surface area contributed by atoms with Gasteiger partial charge in [0, 0.05) is 13.5 Å². The number of para-hydroxylation sites is 1. The zero-order valence-corrected chi connectivity index (χ0v) is 11.3. The summed E-state index contributed by atoms with van der Waals surface area (Å²) < 4.78 is 0. The van der Waals surface area contributed by atoms with E-state index in [1.54, 1.807) is 29.2 Å². The van der Waals surface area contributed by atoms with Gasteiger partial charge in [-0.05, 0) is 31.4 Å². The lowest BCUT2D eigenvalue weighted by Crippen LogP contribution is -2.51. The summed E-state index contributed by atoms with van der Waals surface area (Å²) in [6.07, 6.45) is 2.43. The Morgan fingerprint density at radius 1 is 1.20 bits per heavy atom. The van der Waals surface area contributed by atoms with Crippen molar-refractivity contribution in [2.24, 2.45) is 0 Å². The molecule has 3 amide bonds. The van der Waals surface area contributed by atoms with Crippen molar-refractivity contribution in [3.8, 4) is 0 Å². The zero-order chi connectivity index (χ0) is 14.3. The SMILES string of the molecule is CC(=O)N1C(=O)[C@H]2CCCCN2C(=O)c2ccccc21. The summed E-state index contributed by atoms with van der Waals surface area (Å²) in [5.41, 5.74) is 0.838. The van der Waals surface area contributed by atoms with E-state index in [2.05, 4.69) is 0 Å². The van der Waals surface area contributed by atoms with Gasteiger partial charge in [-0.1, -0.05) is 12.1 Å². The van der Waals surface area contributed by atoms with Gasteiger partial charge in [0.2, 0.25) is 5.91 Å². The molecule has 1 aromatic rings. The number of amides is 3. The lowest BCUT2D eigenvalue weighted by atomic mass is 10.0. The number of rotatable bonds is 0. The molecule has 5 heteroatoms. The minimum absolute atomic E-state index is 0.151. The average Bonchev–Trinajstić information content (AvgIpc) is 2.55. The van der Waals surface area contributed by atoms with Gasteiger partial charge < -0.3 is 4.90 Å². The number of benzene rings is 1. The van der Waals surface area contributed by atoms with E-state index in [1.807, 2.05) is 0 Å². The number of carbonyl (C=O) groups is 3. The average molecular weight is 272 g/mol. The molecule has 0 spiro atoms. The van der Waals surface area contributed by atoms with E-state index in [0.29, 0.717) is 24.2 Å². The molecule has 0 saturated carbocycles. The van der Waals surface area contributed by atoms with Crippen molar-refractivity contribution in [3.05, 3.63) is 29.8 Å². The Morgan fingerprint density at radius 3 is 2.70 bits per heavy atom. The first kappa shape index (κ1) is 12.8. The first-order chi connectivity index (χ1) is 9.61. The lowest BCUT2D eigenvalue weighted by Gasteiger charge is -2.33. The monoisotopic (exact) mass is 272 g/mol. The van der Waals surface area contributed by atoms with Crippen LogP contribution in [0.5, 0.6) is 0 Å². The molecule has 0 unspecified atom stereocenters. The predicted octanol–water partition coefficient (Wildman–Crippen LogP) is 1.57. The number of hydrogen-bond acceptors (Lipinski definition) is 3. The van der Waals surface area contributed by atoms with Crippen LogP contribution in [0.4, 0.5) is 5.69 Å². The van der Waals surface area contributed by atoms with Gasteiger partial charge in [0.15, 0.2) is 0 Å². The highest BCUT2D eigenvalue weighted by molar-refractivity contribution is 6.21. The molecular formula is C15H16N2O3. The molecule has 104 valence electrons. The maximum Gasteiger partial charge on any atom is 0.256 e. The van der Waals surface area contributed by atoms with Crippen molar-refractivity contribution in [2.45, 2.75) is 32.2 Å². The fourth-order valence-electron chi connectivity index (χ4n) is 3.03. The molecule has 1 fully saturated rings. The summed E-state index contributed by atoms with van der Waals surface area (Å²) in [7, 11) is 0. The van der Waals surface area contributed by atoms with Crippen LogP contribution in [0.3, 0.4) is 0 Å². The first-order valence-corrected chi connectivity index (χ1v) is 6.86. The van der Waals surface area contributed by atoms with E-state index in [0.717, 1.165) is 17.7 Å². The van der Waals surface area contributed by atoms with Gasteiger partial charge in [-0.25, -0.2) is 4.90 Å². The topological polar surface area (TPSA) is 57.7 Å². The highest BCUT2D eigenvalue weighted by atomic mass is 16.2. The molecule has 0 bridgehead atoms. The van der Waals surface area contributed by atoms with E-state index < -0.39 is 6.04 Å². The molecule has 0 radical (unpaired) electrons. The van der Waals surface area contributed by atoms with Crippen molar-refractivity contribution < 1.29 is 14.4 Å². The molecule has 0 aliphatic carbocycles. The highest BCUT2D eigenvalue weighted by Crippen LogP contribution is 2.31. The van der Waals surface area contributed by atoms with Gasteiger partial charge >= 0.3 is 0 Å². The van der Waals surface area contributed by atoms with Gasteiger partial charge in [-0.3, -0.25) is 14.4 Å². The number of carbonyl (C=O) groups excluding carboxylic acids is 3. The molecule has 0 N–H and O–H groups in total. The zero-order valence-electron chi connectivity index (χ0n) is 11.3. The number of anilines is 1. The molecule has 1 aromatic carbocycles. The second-order valence-corrected chi connectivity index (χ2v) is 5.22. The van der Waals surface area contributed by atoms with Crippen LogP contribution in [0.1, 0.15) is 36.5 Å². The smallest absolute Gasteiger partial charge is 0.256 e. The molecule has 0 aromatic heterocycles. The molecule has 2 aliphatic rings. The number of hydrogen-bond donors (Lipinski definition) is 0. The summed E-state index contributed by atoms with van der Waals surface area (Å²) in [5.74, 6) is -0.777. The predicted molar refractivity (Wildman–Crippen MR) is 73.3 cm³/mol. The molecule has 1 atom stereocenters. The quantitative estimate of drug-likeness (QED) is 0.720. The number of imide groups is 1. The van der Waals surface area contributed by atoms with Crippen LogP contribution in [-0.4, -0.2) is 35.2 Å². The largest absolute Gasteiger partial charge is 0.327 e. The van der Waals surface area contributed by atoms with E-state index >= 15 is 0 Å². The minimum atomic E-state index is -0.507. The standard InChI is InChI=1S/C15H16N2O3/c1-10(18)17-12-7-3-2-6-11(12)14(19)16-9-5-4-8-13(16)15(17)20/h2-3,6-7,13H,4-5,8-9H2,1H3/t13-/m1/s1. The lowest BCUT2D eigenvalue weighted by molar-refractivity contribution is -0.128. The van der Waals surface area contributed by atoms with Crippen molar-refractivity contribution in [2.75, 3.05) is 11.4 Å². The molecular weight excluding hydrogens is 256 g/mol. The Balaban J connectivity index is 2.18. The molecule has 1 saturated heterocycles. The van der Waals surface area contributed by atoms with Crippen LogP contribution in [0.2, 0.25) is 0 Å². The maximum atomic E-state index is 12.6. The first-order valence-electron chi connectivity index (χ1n) is 6.86. The van der Waals surface area contributed by atoms with Crippen molar-refractivity contribution in [1.29, 1.82) is 0 Å². The van der Waals surface area contributed by atoms with Gasteiger partial charge in [-0.15, -0.1) is 0 Å². The van der Waals surface area contributed by atoms with Gasteiger partial charge in [0.05, 0.1) is 11.3 Å². The summed E-state index contributed by atoms with van der Waals surface area (Å²) in [4.78, 5) is 39.9. The van der Waals surface area contributed by atoms with Gasteiger partial charge in [0.25, 0.3) is 11.8 Å². The molecule has 20 heavy (non-hydrogen) atoms. The number of nitrogens with zero attached hydrogens (tertiary/aromatic N) is 2. The Bertz CT molecular complexity index is 597. The van der Waals surface area contributed by atoms with Crippen molar-refractivity contribution in [3.63, 3.8) is 0 Å². The molecule has 3 rings (SSSR count). The fourth-order valence-corrected chi connectivity index (χ4v) is 3.03. The number of piperidine rings is 1. The fraction of sp³-hybridized carbons (Fsp3) is 0.400. The van der Waals surface area contributed by atoms with Gasteiger partial charge in [0.1, 0.15) is 6.04 Å². The van der Waals surface area contributed by atoms with Crippen molar-refractivity contribution in [1.82, 2.24) is 4.90 Å². The summed E-state index contributed by atoms with van der Waals surface area (Å²) >= 11 is 0. The van der Waals surface area contributed by atoms with Crippen LogP contribution in [0.15, 0.2) is 24.3 Å². The van der Waals surface area contributed by atoms with Crippen LogP contribution in [0.25, 0.3) is 0 Å². The third-order valence-corrected chi connectivity index (χ3v) is 3.96. The Labute approximate surface area is 117 Å². The summed E-state index contributed by atoms with van der Waals surface area (Å²) in [6.45, 7) is 1.94. The minimum Gasteiger partial charge on any atom is -0.327 e. The highest BCUT2D eigenvalue weighted by Gasteiger charge is 2.41. The van der Waals surface area contributed by atoms with E-state index in [9.17, 15) is 14.4 Å². The Kier molecular flexibility index (Phi) is 3.04. The normalized spacial score (nSPS) is 22.1. The van der Waals surface area contributed by atoms with Crippen LogP contribution >= 0.6 is 0 Å². The Morgan fingerprint density at radius 2 is 1.95 bits per heavy atom. The second kappa shape index (κ2) is 4.74. The summed E-state index contributed by atoms with van der Waals surface area (Å²) in [6, 6.07) is 6.32.